The van der Waals surface area contributed by atoms with Crippen molar-refractivity contribution in [2.24, 2.45) is 7.05 Å². The number of anilines is 3. The Labute approximate surface area is 149 Å². The fourth-order valence-electron chi connectivity index (χ4n) is 2.36. The van der Waals surface area contributed by atoms with Crippen LogP contribution in [0.5, 0.6) is 5.75 Å². The number of aliphatic hydroxyl groups excluding tert-OH is 1. The average molecular weight is 363 g/mol. The van der Waals surface area contributed by atoms with Gasteiger partial charge in [-0.3, -0.25) is 4.68 Å². The van der Waals surface area contributed by atoms with Gasteiger partial charge in [0.1, 0.15) is 11.6 Å². The molecule has 0 amide bonds. The number of hydrogen-bond acceptors (Lipinski definition) is 7. The van der Waals surface area contributed by atoms with Gasteiger partial charge in [-0.2, -0.15) is 15.1 Å². The zero-order valence-corrected chi connectivity index (χ0v) is 14.7. The first kappa shape index (κ1) is 17.2. The van der Waals surface area contributed by atoms with Gasteiger partial charge >= 0.3 is 0 Å². The van der Waals surface area contributed by atoms with Crippen LogP contribution in [0.15, 0.2) is 24.4 Å². The Kier molecular flexibility index (Phi) is 5.20. The first-order chi connectivity index (χ1) is 12.1. The van der Waals surface area contributed by atoms with E-state index in [4.69, 9.17) is 21.4 Å². The molecule has 25 heavy (non-hydrogen) atoms. The predicted molar refractivity (Wildman–Crippen MR) is 97.8 cm³/mol. The maximum Gasteiger partial charge on any atom is 0.226 e. The largest absolute Gasteiger partial charge is 0.495 e. The summed E-state index contributed by atoms with van der Waals surface area (Å²) in [6.45, 7) is 0.685. The van der Waals surface area contributed by atoms with Crippen LogP contribution in [-0.2, 0) is 7.05 Å². The van der Waals surface area contributed by atoms with Crippen molar-refractivity contribution in [3.05, 3.63) is 29.4 Å². The molecule has 0 aliphatic rings. The van der Waals surface area contributed by atoms with Crippen molar-refractivity contribution in [1.29, 1.82) is 0 Å². The van der Waals surface area contributed by atoms with E-state index in [0.717, 1.165) is 11.1 Å². The van der Waals surface area contributed by atoms with Gasteiger partial charge in [-0.1, -0.05) is 11.6 Å². The molecule has 3 rings (SSSR count). The Morgan fingerprint density at radius 2 is 2.16 bits per heavy atom. The molecular formula is C16H19ClN6O2. The Morgan fingerprint density at radius 3 is 2.88 bits per heavy atom. The van der Waals surface area contributed by atoms with Gasteiger partial charge in [0.15, 0.2) is 5.65 Å². The molecule has 0 atom stereocenters. The SMILES string of the molecule is COc1ccc(Nc2nc(NCCCO)nc3c2cnn3C)cc1Cl. The highest BCUT2D eigenvalue weighted by molar-refractivity contribution is 6.32. The van der Waals surface area contributed by atoms with Gasteiger partial charge in [-0.15, -0.1) is 0 Å². The minimum Gasteiger partial charge on any atom is -0.495 e. The first-order valence-electron chi connectivity index (χ1n) is 7.77. The number of halogens is 1. The quantitative estimate of drug-likeness (QED) is 0.556. The van der Waals surface area contributed by atoms with E-state index in [-0.39, 0.29) is 6.61 Å². The van der Waals surface area contributed by atoms with E-state index in [9.17, 15) is 0 Å². The van der Waals surface area contributed by atoms with E-state index in [0.29, 0.717) is 41.2 Å². The third-order valence-corrected chi connectivity index (χ3v) is 3.92. The lowest BCUT2D eigenvalue weighted by atomic mass is 10.3. The van der Waals surface area contributed by atoms with E-state index in [1.807, 2.05) is 13.1 Å². The van der Waals surface area contributed by atoms with Crippen molar-refractivity contribution in [3.8, 4) is 5.75 Å². The van der Waals surface area contributed by atoms with Crippen LogP contribution in [0.1, 0.15) is 6.42 Å². The van der Waals surface area contributed by atoms with Crippen LogP contribution in [0.3, 0.4) is 0 Å². The van der Waals surface area contributed by atoms with Crippen LogP contribution in [0.2, 0.25) is 5.02 Å². The standard InChI is InChI=1S/C16H19ClN6O2/c1-23-15-11(9-19-23)14(21-16(22-15)18-6-3-7-24)20-10-4-5-13(25-2)12(17)8-10/h4-5,8-9,24H,3,6-7H2,1-2H3,(H2,18,20,21,22). The highest BCUT2D eigenvalue weighted by Gasteiger charge is 2.12. The summed E-state index contributed by atoms with van der Waals surface area (Å²) < 4.78 is 6.85. The monoisotopic (exact) mass is 362 g/mol. The Bertz CT molecular complexity index is 882. The van der Waals surface area contributed by atoms with E-state index in [1.54, 1.807) is 30.1 Å². The van der Waals surface area contributed by atoms with Gasteiger partial charge in [0.2, 0.25) is 5.95 Å². The molecule has 1 aromatic carbocycles. The zero-order valence-electron chi connectivity index (χ0n) is 14.0. The molecule has 9 heteroatoms. The van der Waals surface area contributed by atoms with Crippen LogP contribution >= 0.6 is 11.6 Å². The maximum absolute atomic E-state index is 8.92. The molecule has 0 spiro atoms. The smallest absolute Gasteiger partial charge is 0.226 e. The summed E-state index contributed by atoms with van der Waals surface area (Å²) in [5.74, 6) is 1.69. The third-order valence-electron chi connectivity index (χ3n) is 3.62. The molecule has 3 N–H and O–H groups in total. The number of benzene rings is 1. The van der Waals surface area contributed by atoms with Crippen LogP contribution in [0.4, 0.5) is 17.5 Å². The number of aliphatic hydroxyl groups is 1. The fourth-order valence-corrected chi connectivity index (χ4v) is 2.61. The van der Waals surface area contributed by atoms with Gasteiger partial charge < -0.3 is 20.5 Å². The number of nitrogens with zero attached hydrogens (tertiary/aromatic N) is 4. The lowest BCUT2D eigenvalue weighted by Gasteiger charge is -2.11. The molecule has 0 fully saturated rings. The van der Waals surface area contributed by atoms with Gasteiger partial charge in [-0.25, -0.2) is 0 Å². The summed E-state index contributed by atoms with van der Waals surface area (Å²) >= 11 is 6.18. The number of nitrogens with one attached hydrogen (secondary N) is 2. The Hall–Kier alpha value is -2.58. The van der Waals surface area contributed by atoms with Crippen molar-refractivity contribution in [2.75, 3.05) is 30.9 Å². The van der Waals surface area contributed by atoms with Crippen LogP contribution < -0.4 is 15.4 Å². The molecule has 0 aliphatic heterocycles. The molecule has 0 unspecified atom stereocenters. The summed E-state index contributed by atoms with van der Waals surface area (Å²) in [5.41, 5.74) is 1.47. The number of aryl methyl sites for hydroxylation is 1. The van der Waals surface area contributed by atoms with Gasteiger partial charge in [0.05, 0.1) is 23.7 Å². The average Bonchev–Trinajstić information content (AvgIpc) is 2.97. The lowest BCUT2D eigenvalue weighted by molar-refractivity contribution is 0.292. The van der Waals surface area contributed by atoms with E-state index in [1.165, 1.54) is 0 Å². The summed E-state index contributed by atoms with van der Waals surface area (Å²) in [5, 5.41) is 20.8. The predicted octanol–water partition coefficient (Wildman–Crippen LogP) is 2.56. The van der Waals surface area contributed by atoms with Crippen LogP contribution in [0, 0.1) is 0 Å². The number of hydrogen-bond donors (Lipinski definition) is 3. The van der Waals surface area contributed by atoms with Crippen LogP contribution in [-0.4, -0.2) is 45.1 Å². The molecule has 0 aliphatic carbocycles. The topological polar surface area (TPSA) is 97.1 Å². The van der Waals surface area contributed by atoms with E-state index in [2.05, 4.69) is 25.7 Å². The molecule has 2 heterocycles. The Morgan fingerprint density at radius 1 is 1.32 bits per heavy atom. The number of rotatable bonds is 7. The number of ether oxygens (including phenoxy) is 1. The van der Waals surface area contributed by atoms with Crippen LogP contribution in [0.25, 0.3) is 11.0 Å². The number of fused-ring (bicyclic) bond motifs is 1. The van der Waals surface area contributed by atoms with Gasteiger partial charge in [-0.05, 0) is 24.6 Å². The lowest BCUT2D eigenvalue weighted by Crippen LogP contribution is -2.09. The van der Waals surface area contributed by atoms with E-state index < -0.39 is 0 Å². The van der Waals surface area contributed by atoms with Crippen molar-refractivity contribution in [2.45, 2.75) is 6.42 Å². The number of methoxy groups -OCH3 is 1. The first-order valence-corrected chi connectivity index (χ1v) is 8.15. The Balaban J connectivity index is 1.94. The molecule has 0 radical (unpaired) electrons. The van der Waals surface area contributed by atoms with Crippen molar-refractivity contribution >= 4 is 40.1 Å². The van der Waals surface area contributed by atoms with Gasteiger partial charge in [0.25, 0.3) is 0 Å². The highest BCUT2D eigenvalue weighted by atomic mass is 35.5. The van der Waals surface area contributed by atoms with Crippen molar-refractivity contribution < 1.29 is 9.84 Å². The number of aromatic nitrogens is 4. The fraction of sp³-hybridized carbons (Fsp3) is 0.312. The summed E-state index contributed by atoms with van der Waals surface area (Å²) in [6, 6.07) is 5.41. The molecule has 0 saturated carbocycles. The highest BCUT2D eigenvalue weighted by Crippen LogP contribution is 2.30. The molecule has 8 nitrogen and oxygen atoms in total. The second-order valence-electron chi connectivity index (χ2n) is 5.38. The molecule has 0 saturated heterocycles. The third kappa shape index (κ3) is 3.75. The summed E-state index contributed by atoms with van der Waals surface area (Å²) in [7, 11) is 3.39. The summed E-state index contributed by atoms with van der Waals surface area (Å²) in [4.78, 5) is 8.98. The summed E-state index contributed by atoms with van der Waals surface area (Å²) in [6.07, 6.45) is 2.32. The molecule has 0 bridgehead atoms. The zero-order chi connectivity index (χ0) is 17.8. The van der Waals surface area contributed by atoms with Gasteiger partial charge in [0, 0.05) is 25.9 Å². The minimum absolute atomic E-state index is 0.108. The molecule has 2 aromatic heterocycles. The molecule has 3 aromatic rings. The normalized spacial score (nSPS) is 10.9. The second-order valence-corrected chi connectivity index (χ2v) is 5.79. The second kappa shape index (κ2) is 7.54. The van der Waals surface area contributed by atoms with Crippen molar-refractivity contribution in [3.63, 3.8) is 0 Å². The molecule has 132 valence electrons. The minimum atomic E-state index is 0.108. The van der Waals surface area contributed by atoms with E-state index >= 15 is 0 Å². The molecular weight excluding hydrogens is 344 g/mol. The van der Waals surface area contributed by atoms with Crippen molar-refractivity contribution in [1.82, 2.24) is 19.7 Å². The maximum atomic E-state index is 8.92.